The van der Waals surface area contributed by atoms with Crippen molar-refractivity contribution in [3.8, 4) is 11.8 Å². The number of halogens is 7. The van der Waals surface area contributed by atoms with Gasteiger partial charge in [0.15, 0.2) is 0 Å². The molecule has 8 aromatic heterocycles. The highest BCUT2D eigenvalue weighted by Gasteiger charge is 2.33. The van der Waals surface area contributed by atoms with Gasteiger partial charge in [0, 0.05) is 104 Å². The summed E-state index contributed by atoms with van der Waals surface area (Å²) in [5.41, 5.74) is 15.0. The molecule has 0 saturated carbocycles. The first-order chi connectivity index (χ1) is 48.1. The molecule has 0 fully saturated rings. The number of aryl methyl sites for hydroxylation is 4. The highest BCUT2D eigenvalue weighted by atomic mass is 35.5. The topological polar surface area (TPSA) is 122 Å². The summed E-state index contributed by atoms with van der Waals surface area (Å²) in [7, 11) is 3.26. The third-order valence-electron chi connectivity index (χ3n) is 15.8. The number of nitrogens with zero attached hydrogens (tertiary/aromatic N) is 8. The van der Waals surface area contributed by atoms with Gasteiger partial charge in [-0.3, -0.25) is 24.9 Å². The molecule has 8 heterocycles. The second-order valence-electron chi connectivity index (χ2n) is 35.2. The summed E-state index contributed by atoms with van der Waals surface area (Å²) in [5.74, 6) is 1.08. The van der Waals surface area contributed by atoms with Gasteiger partial charge in [0.05, 0.1) is 20.4 Å². The fourth-order valence-corrected chi connectivity index (χ4v) is 9.93. The Labute approximate surface area is 651 Å². The van der Waals surface area contributed by atoms with Gasteiger partial charge in [0.2, 0.25) is 11.8 Å². The molecule has 0 atom stereocenters. The number of hydrogen-bond donors (Lipinski definition) is 0. The second-order valence-corrected chi connectivity index (χ2v) is 36.4. The Hall–Kier alpha value is -7.39. The van der Waals surface area contributed by atoms with E-state index >= 15 is 0 Å². The molecule has 9 aromatic rings. The van der Waals surface area contributed by atoms with Gasteiger partial charge in [-0.15, -0.1) is 0 Å². The van der Waals surface area contributed by atoms with Crippen molar-refractivity contribution in [1.82, 2.24) is 39.9 Å². The van der Waals surface area contributed by atoms with Crippen LogP contribution in [0.2, 0.25) is 15.2 Å². The zero-order valence-corrected chi connectivity index (χ0v) is 72.3. The Balaban J connectivity index is 0.000000597. The maximum atomic E-state index is 12.4. The van der Waals surface area contributed by atoms with Crippen LogP contribution in [-0.2, 0) is 54.9 Å². The first-order valence-electron chi connectivity index (χ1n) is 35.7. The van der Waals surface area contributed by atoms with Crippen LogP contribution in [0.25, 0.3) is 0 Å². The van der Waals surface area contributed by atoms with E-state index < -0.39 is 11.9 Å². The Morgan fingerprint density at radius 3 is 1.08 bits per heavy atom. The Morgan fingerprint density at radius 1 is 0.321 bits per heavy atom. The van der Waals surface area contributed by atoms with Gasteiger partial charge in [-0.25, -0.2) is 19.3 Å². The van der Waals surface area contributed by atoms with Crippen molar-refractivity contribution in [3.05, 3.63) is 258 Å². The van der Waals surface area contributed by atoms with E-state index in [0.29, 0.717) is 16.9 Å². The molecular weight excluding hydrogens is 1400 g/mol. The number of benzene rings is 1. The van der Waals surface area contributed by atoms with Gasteiger partial charge >= 0.3 is 6.18 Å². The van der Waals surface area contributed by atoms with Crippen LogP contribution in [0.1, 0.15) is 266 Å². The van der Waals surface area contributed by atoms with Crippen molar-refractivity contribution in [2.24, 2.45) is 0 Å². The van der Waals surface area contributed by atoms with E-state index in [1.54, 1.807) is 26.4 Å². The fourth-order valence-electron chi connectivity index (χ4n) is 9.24. The molecule has 0 amide bonds. The lowest BCUT2D eigenvalue weighted by atomic mass is 9.86. The molecule has 1 aromatic carbocycles. The molecule has 10 nitrogen and oxygen atoms in total. The zero-order valence-electron chi connectivity index (χ0n) is 70.1. The van der Waals surface area contributed by atoms with Gasteiger partial charge in [-0.05, 0) is 171 Å². The first kappa shape index (κ1) is 96.6. The number of rotatable bonds is 2. The average molecular weight is 1520 g/mol. The maximum absolute atomic E-state index is 12.4. The molecule has 0 aliphatic carbocycles. The van der Waals surface area contributed by atoms with Gasteiger partial charge in [-0.1, -0.05) is 258 Å². The molecule has 582 valence electrons. The zero-order chi connectivity index (χ0) is 82.0. The van der Waals surface area contributed by atoms with Crippen molar-refractivity contribution in [2.45, 2.75) is 270 Å². The summed E-state index contributed by atoms with van der Waals surface area (Å²) in [6.45, 7) is 65.6. The lowest BCUT2D eigenvalue weighted by Gasteiger charge is -2.20. The molecule has 106 heavy (non-hydrogen) atoms. The van der Waals surface area contributed by atoms with E-state index in [1.165, 1.54) is 57.9 Å². The fraction of sp³-hybridized carbons (Fsp3) is 0.483. The Kier molecular flexibility index (Phi) is 37.6. The molecule has 0 radical (unpaired) electrons. The summed E-state index contributed by atoms with van der Waals surface area (Å²) in [6, 6.07) is 35.5. The number of methoxy groups -OCH3 is 2. The van der Waals surface area contributed by atoms with Crippen molar-refractivity contribution in [1.29, 1.82) is 0 Å². The predicted molar refractivity (Wildman–Crippen MR) is 441 cm³/mol. The highest BCUT2D eigenvalue weighted by molar-refractivity contribution is 6.33. The van der Waals surface area contributed by atoms with E-state index in [2.05, 4.69) is 236 Å². The van der Waals surface area contributed by atoms with Crippen molar-refractivity contribution in [2.75, 3.05) is 14.2 Å². The highest BCUT2D eigenvalue weighted by Crippen LogP contribution is 2.33. The van der Waals surface area contributed by atoms with E-state index in [4.69, 9.17) is 44.3 Å². The number of ether oxygens (including phenoxy) is 2. The minimum absolute atomic E-state index is 0.00764. The van der Waals surface area contributed by atoms with Crippen molar-refractivity contribution < 1.29 is 27.0 Å². The van der Waals surface area contributed by atoms with Crippen molar-refractivity contribution in [3.63, 3.8) is 0 Å². The number of alkyl halides is 3. The number of pyridine rings is 8. The number of aromatic nitrogens is 8. The minimum Gasteiger partial charge on any atom is -0.481 e. The van der Waals surface area contributed by atoms with Crippen LogP contribution in [0.3, 0.4) is 0 Å². The van der Waals surface area contributed by atoms with Crippen LogP contribution < -0.4 is 9.47 Å². The molecule has 0 bridgehead atoms. The van der Waals surface area contributed by atoms with E-state index in [-0.39, 0.29) is 54.6 Å². The third-order valence-corrected chi connectivity index (χ3v) is 16.6. The first-order valence-corrected chi connectivity index (χ1v) is 36.8. The van der Waals surface area contributed by atoms with Crippen LogP contribution in [0, 0.1) is 33.5 Å². The second kappa shape index (κ2) is 41.3. The summed E-state index contributed by atoms with van der Waals surface area (Å²) < 4.78 is 58.9. The largest absolute Gasteiger partial charge is 0.481 e. The van der Waals surface area contributed by atoms with Crippen LogP contribution in [0.4, 0.5) is 17.6 Å². The monoisotopic (exact) mass is 1520 g/mol. The van der Waals surface area contributed by atoms with Gasteiger partial charge in [0.25, 0.3) is 0 Å². The molecule has 17 heteroatoms. The van der Waals surface area contributed by atoms with E-state index in [1.807, 2.05) is 134 Å². The SMILES string of the molecule is CC(C)(C)c1cc(Cl)ccc1Cl.CC(C)(C)c1ccc(C(F)(F)F)nc1.CC(C)(C)c1ccc(Cl)nc1.CC(C)(C)c1ccc(F)cn1.COc1ccc(C(C)(C)C)c(C)n1.COc1ccc(C(C)(C)C)cn1.Cc1ccc(C(C)(C)C)nc1.Cc1ccnc(C(C)(C)C)c1.Cc1ncccc1C(C)(C)C. The van der Waals surface area contributed by atoms with E-state index in [9.17, 15) is 17.6 Å². The molecule has 0 saturated heterocycles. The summed E-state index contributed by atoms with van der Waals surface area (Å²) in [4.78, 5) is 32.8. The predicted octanol–water partition coefficient (Wildman–Crippen LogP) is 26.4. The lowest BCUT2D eigenvalue weighted by Crippen LogP contribution is -2.14. The summed E-state index contributed by atoms with van der Waals surface area (Å²) in [6.07, 6.45) is 7.49. The molecular formula is C89H125Cl3F4N8O2. The van der Waals surface area contributed by atoms with Crippen LogP contribution in [-0.4, -0.2) is 54.1 Å². The standard InChI is InChI=1S/C11H17NO.C10H12Cl2.C10H12F3N.C10H15NO.3C10H15N.C9H12ClN.C9H12FN/c1-8-9(11(2,3)4)6-7-10(12-8)13-5;1-10(2,3)8-6-7(11)4-5-9(8)12;1-9(2,3)7-4-5-8(14-6-7)10(11,12)13;1-10(2,3)8-5-6-9(12-4)11-7-8;1-8-5-6-11-9(7-8)10(2,3)4;1-8-5-6-9(11-7-8)10(2,3)4;1-8-9(10(2,3)4)6-5-7-11-8;1-9(2,3)7-4-5-8(10)11-6-7;1-9(2,3)8-5-4-7(10)6-11-8/h6-7H,1-5H3;4-6H,1-3H3;4-6H,1-3H3;5-7H,1-4H3;3*5-7H,1-4H3;2*4-6H,1-3H3. The maximum Gasteiger partial charge on any atom is 0.433 e. The van der Waals surface area contributed by atoms with Gasteiger partial charge in [-0.2, -0.15) is 13.2 Å². The summed E-state index contributed by atoms with van der Waals surface area (Å²) in [5, 5.41) is 2.08. The minimum atomic E-state index is -4.35. The average Bonchev–Trinajstić information content (AvgIpc) is 0.825. The van der Waals surface area contributed by atoms with Crippen LogP contribution in [0.15, 0.2) is 159 Å². The van der Waals surface area contributed by atoms with Crippen molar-refractivity contribution >= 4 is 34.8 Å². The molecule has 0 spiro atoms. The van der Waals surface area contributed by atoms with Gasteiger partial charge < -0.3 is 9.47 Å². The molecule has 0 unspecified atom stereocenters. The molecule has 9 rings (SSSR count). The molecule has 0 aliphatic rings. The molecule has 0 N–H and O–H groups in total. The van der Waals surface area contributed by atoms with Crippen LogP contribution >= 0.6 is 34.8 Å². The molecule has 0 aliphatic heterocycles. The smallest absolute Gasteiger partial charge is 0.433 e. The van der Waals surface area contributed by atoms with Crippen LogP contribution in [0.5, 0.6) is 11.8 Å². The van der Waals surface area contributed by atoms with Gasteiger partial charge in [0.1, 0.15) is 16.7 Å². The van der Waals surface area contributed by atoms with E-state index in [0.717, 1.165) is 55.7 Å². The normalized spacial score (nSPS) is 11.8. The quantitative estimate of drug-likeness (QED) is 0.122. The third kappa shape index (κ3) is 37.4. The lowest BCUT2D eigenvalue weighted by molar-refractivity contribution is -0.141. The Morgan fingerprint density at radius 2 is 0.755 bits per heavy atom. The Bertz CT molecular complexity index is 3850. The number of hydrogen-bond acceptors (Lipinski definition) is 10. The summed E-state index contributed by atoms with van der Waals surface area (Å²) >= 11 is 17.5.